The Bertz CT molecular complexity index is 464. The van der Waals surface area contributed by atoms with Crippen molar-refractivity contribution in [1.29, 1.82) is 0 Å². The minimum atomic E-state index is -0.370. The van der Waals surface area contributed by atoms with E-state index in [1.165, 1.54) is 11.4 Å². The molecule has 0 aliphatic carbocycles. The summed E-state index contributed by atoms with van der Waals surface area (Å²) < 4.78 is 2.29. The van der Waals surface area contributed by atoms with Crippen LogP contribution >= 0.6 is 0 Å². The fourth-order valence-electron chi connectivity index (χ4n) is 2.94. The van der Waals surface area contributed by atoms with Gasteiger partial charge >= 0.3 is 0 Å². The predicted molar refractivity (Wildman–Crippen MR) is 76.7 cm³/mol. The first-order valence-corrected chi connectivity index (χ1v) is 7.14. The Morgan fingerprint density at radius 3 is 2.74 bits per heavy atom. The molecule has 4 heteroatoms. The molecule has 1 amide bonds. The Morgan fingerprint density at radius 2 is 2.11 bits per heavy atom. The maximum Gasteiger partial charge on any atom is 0.240 e. The van der Waals surface area contributed by atoms with E-state index in [1.54, 1.807) is 0 Å². The molecule has 2 rings (SSSR count). The van der Waals surface area contributed by atoms with Crippen LogP contribution in [0, 0.1) is 12.8 Å². The SMILES string of the molecule is Cc1ccc2n1CCN(C(=O)[C@@H](N)CC(C)C)C2C. The highest BCUT2D eigenvalue weighted by molar-refractivity contribution is 5.82. The first kappa shape index (κ1) is 14.1. The van der Waals surface area contributed by atoms with E-state index in [9.17, 15) is 4.79 Å². The zero-order valence-corrected chi connectivity index (χ0v) is 12.4. The van der Waals surface area contributed by atoms with E-state index in [2.05, 4.69) is 44.4 Å². The van der Waals surface area contributed by atoms with Crippen LogP contribution in [0.15, 0.2) is 12.1 Å². The van der Waals surface area contributed by atoms with Gasteiger partial charge < -0.3 is 15.2 Å². The summed E-state index contributed by atoms with van der Waals surface area (Å²) in [7, 11) is 0. The lowest BCUT2D eigenvalue weighted by Crippen LogP contribution is -2.49. The molecule has 1 aromatic heterocycles. The second-order valence-electron chi connectivity index (χ2n) is 5.99. The van der Waals surface area contributed by atoms with Crippen molar-refractivity contribution >= 4 is 5.91 Å². The number of nitrogens with zero attached hydrogens (tertiary/aromatic N) is 2. The molecule has 0 radical (unpaired) electrons. The van der Waals surface area contributed by atoms with Crippen molar-refractivity contribution in [3.05, 3.63) is 23.5 Å². The lowest BCUT2D eigenvalue weighted by atomic mass is 10.0. The summed E-state index contributed by atoms with van der Waals surface area (Å²) in [5.74, 6) is 0.538. The van der Waals surface area contributed by atoms with Crippen LogP contribution in [-0.4, -0.2) is 28.0 Å². The van der Waals surface area contributed by atoms with Crippen molar-refractivity contribution in [3.63, 3.8) is 0 Å². The summed E-state index contributed by atoms with van der Waals surface area (Å²) in [5.41, 5.74) is 8.52. The minimum absolute atomic E-state index is 0.0892. The van der Waals surface area contributed by atoms with Crippen LogP contribution in [0.2, 0.25) is 0 Å². The van der Waals surface area contributed by atoms with E-state index < -0.39 is 0 Å². The quantitative estimate of drug-likeness (QED) is 0.907. The van der Waals surface area contributed by atoms with Gasteiger partial charge in [-0.05, 0) is 38.3 Å². The number of hydrogen-bond donors (Lipinski definition) is 1. The number of carbonyl (C=O) groups is 1. The lowest BCUT2D eigenvalue weighted by molar-refractivity contribution is -0.136. The average molecular weight is 263 g/mol. The lowest BCUT2D eigenvalue weighted by Gasteiger charge is -2.37. The van der Waals surface area contributed by atoms with Crippen LogP contribution < -0.4 is 5.73 Å². The van der Waals surface area contributed by atoms with Crippen LogP contribution in [0.4, 0.5) is 0 Å². The monoisotopic (exact) mass is 263 g/mol. The first-order chi connectivity index (χ1) is 8.91. The van der Waals surface area contributed by atoms with Crippen molar-refractivity contribution in [3.8, 4) is 0 Å². The van der Waals surface area contributed by atoms with E-state index in [-0.39, 0.29) is 18.0 Å². The highest BCUT2D eigenvalue weighted by atomic mass is 16.2. The van der Waals surface area contributed by atoms with Crippen LogP contribution in [0.1, 0.15) is 44.6 Å². The van der Waals surface area contributed by atoms with Gasteiger partial charge in [0, 0.05) is 24.5 Å². The summed E-state index contributed by atoms with van der Waals surface area (Å²) in [5, 5.41) is 0. The van der Waals surface area contributed by atoms with E-state index in [0.29, 0.717) is 5.92 Å². The van der Waals surface area contributed by atoms with Crippen molar-refractivity contribution < 1.29 is 4.79 Å². The topological polar surface area (TPSA) is 51.3 Å². The van der Waals surface area contributed by atoms with Gasteiger partial charge in [0.1, 0.15) is 0 Å². The van der Waals surface area contributed by atoms with Crippen LogP contribution in [0.5, 0.6) is 0 Å². The third-order valence-corrected chi connectivity index (χ3v) is 4.02. The number of hydrogen-bond acceptors (Lipinski definition) is 2. The zero-order chi connectivity index (χ0) is 14.2. The van der Waals surface area contributed by atoms with Crippen LogP contribution in [0.25, 0.3) is 0 Å². The Labute approximate surface area is 115 Å². The van der Waals surface area contributed by atoms with Crippen molar-refractivity contribution in [2.75, 3.05) is 6.54 Å². The molecule has 0 bridgehead atoms. The van der Waals surface area contributed by atoms with Gasteiger partial charge in [0.15, 0.2) is 0 Å². The third kappa shape index (κ3) is 2.68. The largest absolute Gasteiger partial charge is 0.345 e. The molecule has 106 valence electrons. The molecule has 1 aliphatic heterocycles. The van der Waals surface area contributed by atoms with Gasteiger partial charge in [-0.1, -0.05) is 13.8 Å². The number of fused-ring (bicyclic) bond motifs is 1. The van der Waals surface area contributed by atoms with E-state index in [1.807, 2.05) is 4.90 Å². The van der Waals surface area contributed by atoms with Crippen molar-refractivity contribution in [2.45, 2.75) is 52.7 Å². The van der Waals surface area contributed by atoms with Gasteiger partial charge in [0.05, 0.1) is 12.1 Å². The smallest absolute Gasteiger partial charge is 0.240 e. The van der Waals surface area contributed by atoms with Gasteiger partial charge in [-0.25, -0.2) is 0 Å². The van der Waals surface area contributed by atoms with Gasteiger partial charge in [0.25, 0.3) is 0 Å². The first-order valence-electron chi connectivity index (χ1n) is 7.14. The predicted octanol–water partition coefficient (Wildman–Crippen LogP) is 2.07. The fourth-order valence-corrected chi connectivity index (χ4v) is 2.94. The fraction of sp³-hybridized carbons (Fsp3) is 0.667. The number of aromatic nitrogens is 1. The maximum absolute atomic E-state index is 12.5. The summed E-state index contributed by atoms with van der Waals surface area (Å²) in [4.78, 5) is 14.4. The molecular formula is C15H25N3O. The standard InChI is InChI=1S/C15H25N3O/c1-10(2)9-13(16)15(19)18-8-7-17-11(3)5-6-14(17)12(18)4/h5-6,10,12-13H,7-9,16H2,1-4H3/t12?,13-/m0/s1. The number of aryl methyl sites for hydroxylation is 1. The third-order valence-electron chi connectivity index (χ3n) is 4.02. The zero-order valence-electron chi connectivity index (χ0n) is 12.4. The van der Waals surface area contributed by atoms with Gasteiger partial charge in [-0.3, -0.25) is 4.79 Å². The molecule has 4 nitrogen and oxygen atoms in total. The Hall–Kier alpha value is -1.29. The summed E-state index contributed by atoms with van der Waals surface area (Å²) in [6.07, 6.45) is 0.752. The van der Waals surface area contributed by atoms with E-state index >= 15 is 0 Å². The summed E-state index contributed by atoms with van der Waals surface area (Å²) in [6.45, 7) is 10.0. The van der Waals surface area contributed by atoms with E-state index in [0.717, 1.165) is 19.5 Å². The molecule has 0 aromatic carbocycles. The Morgan fingerprint density at radius 1 is 1.42 bits per heavy atom. The molecule has 1 aliphatic rings. The molecule has 0 saturated heterocycles. The molecule has 2 atom stereocenters. The Kier molecular flexibility index (Phi) is 3.99. The van der Waals surface area contributed by atoms with Gasteiger partial charge in [-0.2, -0.15) is 0 Å². The van der Waals surface area contributed by atoms with Crippen molar-refractivity contribution in [1.82, 2.24) is 9.47 Å². The highest BCUT2D eigenvalue weighted by Gasteiger charge is 2.31. The number of rotatable bonds is 3. The Balaban J connectivity index is 2.13. The molecule has 0 saturated carbocycles. The summed E-state index contributed by atoms with van der Waals surface area (Å²) in [6, 6.07) is 3.99. The number of carbonyl (C=O) groups excluding carboxylic acids is 1. The molecule has 2 heterocycles. The normalized spacial score (nSPS) is 20.5. The average Bonchev–Trinajstić information content (AvgIpc) is 2.71. The molecule has 19 heavy (non-hydrogen) atoms. The number of amides is 1. The van der Waals surface area contributed by atoms with E-state index in [4.69, 9.17) is 5.73 Å². The second-order valence-corrected chi connectivity index (χ2v) is 5.99. The summed E-state index contributed by atoms with van der Waals surface area (Å²) >= 11 is 0. The van der Waals surface area contributed by atoms with Crippen molar-refractivity contribution in [2.24, 2.45) is 11.7 Å². The molecular weight excluding hydrogens is 238 g/mol. The van der Waals surface area contributed by atoms with Crippen LogP contribution in [0.3, 0.4) is 0 Å². The van der Waals surface area contributed by atoms with Gasteiger partial charge in [-0.15, -0.1) is 0 Å². The number of nitrogens with two attached hydrogens (primary N) is 1. The second kappa shape index (κ2) is 5.37. The van der Waals surface area contributed by atoms with Gasteiger partial charge in [0.2, 0.25) is 5.91 Å². The molecule has 1 aromatic rings. The molecule has 1 unspecified atom stereocenters. The maximum atomic E-state index is 12.5. The minimum Gasteiger partial charge on any atom is -0.345 e. The molecule has 2 N–H and O–H groups in total. The highest BCUT2D eigenvalue weighted by Crippen LogP contribution is 2.27. The van der Waals surface area contributed by atoms with Crippen LogP contribution in [-0.2, 0) is 11.3 Å². The molecule has 0 fully saturated rings. The molecule has 0 spiro atoms.